The number of ether oxygens (including phenoxy) is 1. The number of nitrogens with zero attached hydrogens (tertiary/aromatic N) is 3. The van der Waals surface area contributed by atoms with Gasteiger partial charge in [-0.1, -0.05) is 13.0 Å². The van der Waals surface area contributed by atoms with Crippen LogP contribution in [-0.4, -0.2) is 40.2 Å². The highest BCUT2D eigenvalue weighted by Crippen LogP contribution is 2.24. The molecule has 0 bridgehead atoms. The van der Waals surface area contributed by atoms with Crippen LogP contribution in [-0.2, 0) is 11.2 Å². The number of amides is 2. The van der Waals surface area contributed by atoms with E-state index >= 15 is 0 Å². The van der Waals surface area contributed by atoms with Crippen molar-refractivity contribution in [3.63, 3.8) is 0 Å². The van der Waals surface area contributed by atoms with Crippen LogP contribution >= 0.6 is 0 Å². The molecule has 2 amide bonds. The number of carboxylic acid groups (broad SMARTS) is 1. The molecule has 0 spiro atoms. The Labute approximate surface area is 197 Å². The molecule has 3 rings (SSSR count). The van der Waals surface area contributed by atoms with Crippen LogP contribution in [0.4, 0.5) is 20.8 Å². The van der Waals surface area contributed by atoms with Crippen molar-refractivity contribution in [2.24, 2.45) is 0 Å². The molecular formula is C25H27FN4O4. The van der Waals surface area contributed by atoms with Gasteiger partial charge in [0.25, 0.3) is 0 Å². The van der Waals surface area contributed by atoms with E-state index in [9.17, 15) is 14.0 Å². The molecule has 0 radical (unpaired) electrons. The first-order chi connectivity index (χ1) is 16.4. The zero-order valence-electron chi connectivity index (χ0n) is 19.1. The maximum atomic E-state index is 14.7. The summed E-state index contributed by atoms with van der Waals surface area (Å²) >= 11 is 0. The molecule has 9 heteroatoms. The summed E-state index contributed by atoms with van der Waals surface area (Å²) in [5.41, 5.74) is 1.72. The minimum Gasteiger partial charge on any atom is -0.494 e. The molecule has 2 aromatic carbocycles. The van der Waals surface area contributed by atoms with Crippen molar-refractivity contribution in [1.82, 2.24) is 9.97 Å². The van der Waals surface area contributed by atoms with Gasteiger partial charge in [-0.05, 0) is 67.8 Å². The van der Waals surface area contributed by atoms with Gasteiger partial charge in [-0.15, -0.1) is 0 Å². The maximum Gasteiger partial charge on any atom is 0.328 e. The minimum atomic E-state index is -0.941. The number of nitrogens with one attached hydrogen (secondary N) is 1. The Balaban J connectivity index is 1.75. The number of anilines is 2. The van der Waals surface area contributed by atoms with Gasteiger partial charge >= 0.3 is 12.0 Å². The molecule has 1 heterocycles. The summed E-state index contributed by atoms with van der Waals surface area (Å²) < 4.78 is 20.3. The second-order valence-electron chi connectivity index (χ2n) is 7.50. The van der Waals surface area contributed by atoms with Gasteiger partial charge in [-0.25, -0.2) is 19.2 Å². The average molecular weight is 467 g/mol. The number of halogens is 1. The molecule has 0 saturated carbocycles. The van der Waals surface area contributed by atoms with Crippen molar-refractivity contribution in [3.05, 3.63) is 66.1 Å². The molecule has 3 aromatic rings. The Bertz CT molecular complexity index is 1140. The lowest BCUT2D eigenvalue weighted by Crippen LogP contribution is -2.36. The van der Waals surface area contributed by atoms with E-state index in [1.54, 1.807) is 49.4 Å². The lowest BCUT2D eigenvalue weighted by molar-refractivity contribution is -0.136. The molecule has 0 fully saturated rings. The van der Waals surface area contributed by atoms with Crippen LogP contribution in [0.15, 0.2) is 54.7 Å². The van der Waals surface area contributed by atoms with Crippen LogP contribution in [0.2, 0.25) is 0 Å². The fraction of sp³-hybridized carbons (Fsp3) is 0.280. The minimum absolute atomic E-state index is 0.0779. The number of aromatic nitrogens is 2. The molecule has 2 N–H and O–H groups in total. The quantitative estimate of drug-likeness (QED) is 0.428. The number of aliphatic carboxylic acids is 1. The van der Waals surface area contributed by atoms with E-state index in [2.05, 4.69) is 15.3 Å². The Kier molecular flexibility index (Phi) is 8.50. The number of hydrogen-bond acceptors (Lipinski definition) is 5. The van der Waals surface area contributed by atoms with Crippen LogP contribution in [0.1, 0.15) is 32.3 Å². The molecule has 34 heavy (non-hydrogen) atoms. The fourth-order valence-corrected chi connectivity index (χ4v) is 3.22. The van der Waals surface area contributed by atoms with Gasteiger partial charge in [0.15, 0.2) is 0 Å². The van der Waals surface area contributed by atoms with Gasteiger partial charge in [0, 0.05) is 30.4 Å². The van der Waals surface area contributed by atoms with E-state index in [0.29, 0.717) is 30.1 Å². The van der Waals surface area contributed by atoms with E-state index < -0.39 is 17.8 Å². The fourth-order valence-electron chi connectivity index (χ4n) is 3.22. The number of urea groups is 1. The van der Waals surface area contributed by atoms with Crippen molar-refractivity contribution in [3.8, 4) is 17.0 Å². The van der Waals surface area contributed by atoms with Gasteiger partial charge in [-0.2, -0.15) is 0 Å². The first-order valence-corrected chi connectivity index (χ1v) is 11.1. The molecule has 0 atom stereocenters. The Morgan fingerprint density at radius 1 is 1.12 bits per heavy atom. The second-order valence-corrected chi connectivity index (χ2v) is 7.50. The van der Waals surface area contributed by atoms with Gasteiger partial charge in [0.2, 0.25) is 5.95 Å². The predicted octanol–water partition coefficient (Wildman–Crippen LogP) is 5.15. The number of carbonyl (C=O) groups excluding carboxylic acids is 1. The number of carboxylic acids is 1. The zero-order valence-corrected chi connectivity index (χ0v) is 19.1. The Morgan fingerprint density at radius 2 is 1.88 bits per heavy atom. The highest BCUT2D eigenvalue weighted by molar-refractivity contribution is 6.00. The SMILES string of the molecule is CCCOc1ccc(NC(=O)N(CC)c2nccc(-c3ccc(CCC(=O)O)cc3F)n2)cc1. The van der Waals surface area contributed by atoms with Crippen LogP contribution in [0.3, 0.4) is 0 Å². The smallest absolute Gasteiger partial charge is 0.328 e. The number of aryl methyl sites for hydroxylation is 1. The van der Waals surface area contributed by atoms with E-state index in [-0.39, 0.29) is 24.4 Å². The summed E-state index contributed by atoms with van der Waals surface area (Å²) in [5.74, 6) is -0.608. The van der Waals surface area contributed by atoms with E-state index in [0.717, 1.165) is 12.2 Å². The van der Waals surface area contributed by atoms with Crippen LogP contribution in [0.25, 0.3) is 11.3 Å². The van der Waals surface area contributed by atoms with E-state index in [4.69, 9.17) is 9.84 Å². The third-order valence-corrected chi connectivity index (χ3v) is 4.96. The molecule has 0 unspecified atom stereocenters. The molecule has 0 aliphatic carbocycles. The van der Waals surface area contributed by atoms with Gasteiger partial charge in [-0.3, -0.25) is 9.69 Å². The van der Waals surface area contributed by atoms with Crippen molar-refractivity contribution < 1.29 is 23.8 Å². The van der Waals surface area contributed by atoms with E-state index in [1.165, 1.54) is 17.2 Å². The molecule has 178 valence electrons. The molecule has 0 aliphatic rings. The standard InChI is InChI=1S/C25H27FN4O4/c1-3-15-34-19-9-7-18(8-10-19)28-25(33)30(4-2)24-27-14-13-22(29-24)20-11-5-17(16-21(20)26)6-12-23(31)32/h5,7-11,13-14,16H,3-4,6,12,15H2,1-2H3,(H,28,33)(H,31,32). The van der Waals surface area contributed by atoms with Crippen molar-refractivity contribution in [1.29, 1.82) is 0 Å². The number of hydrogen-bond donors (Lipinski definition) is 2. The lowest BCUT2D eigenvalue weighted by Gasteiger charge is -2.20. The first-order valence-electron chi connectivity index (χ1n) is 11.1. The normalized spacial score (nSPS) is 10.6. The maximum absolute atomic E-state index is 14.7. The highest BCUT2D eigenvalue weighted by atomic mass is 19.1. The summed E-state index contributed by atoms with van der Waals surface area (Å²) in [7, 11) is 0. The summed E-state index contributed by atoms with van der Waals surface area (Å²) in [5, 5.41) is 11.6. The van der Waals surface area contributed by atoms with Crippen molar-refractivity contribution >= 4 is 23.6 Å². The summed E-state index contributed by atoms with van der Waals surface area (Å²) in [6.07, 6.45) is 2.52. The van der Waals surface area contributed by atoms with Crippen LogP contribution in [0, 0.1) is 5.82 Å². The molecular weight excluding hydrogens is 439 g/mol. The third-order valence-electron chi connectivity index (χ3n) is 4.96. The first kappa shape index (κ1) is 24.6. The van der Waals surface area contributed by atoms with Gasteiger partial charge in [0.05, 0.1) is 12.3 Å². The summed E-state index contributed by atoms with van der Waals surface area (Å²) in [6, 6.07) is 12.7. The predicted molar refractivity (Wildman–Crippen MR) is 128 cm³/mol. The number of carbonyl (C=O) groups is 2. The van der Waals surface area contributed by atoms with Crippen molar-refractivity contribution in [2.75, 3.05) is 23.4 Å². The largest absolute Gasteiger partial charge is 0.494 e. The molecule has 0 aliphatic heterocycles. The van der Waals surface area contributed by atoms with Gasteiger partial charge in [0.1, 0.15) is 11.6 Å². The zero-order chi connectivity index (χ0) is 24.5. The number of benzene rings is 2. The third kappa shape index (κ3) is 6.50. The number of rotatable bonds is 10. The monoisotopic (exact) mass is 466 g/mol. The van der Waals surface area contributed by atoms with Crippen molar-refractivity contribution in [2.45, 2.75) is 33.1 Å². The molecule has 0 saturated heterocycles. The van der Waals surface area contributed by atoms with Crippen LogP contribution < -0.4 is 15.0 Å². The van der Waals surface area contributed by atoms with Gasteiger partial charge < -0.3 is 15.2 Å². The molecule has 8 nitrogen and oxygen atoms in total. The topological polar surface area (TPSA) is 105 Å². The molecule has 1 aromatic heterocycles. The summed E-state index contributed by atoms with van der Waals surface area (Å²) in [4.78, 5) is 33.5. The Hall–Kier alpha value is -4.01. The van der Waals surface area contributed by atoms with E-state index in [1.807, 2.05) is 6.92 Å². The lowest BCUT2D eigenvalue weighted by atomic mass is 10.0. The summed E-state index contributed by atoms with van der Waals surface area (Å²) in [6.45, 7) is 4.73. The van der Waals surface area contributed by atoms with Crippen LogP contribution in [0.5, 0.6) is 5.75 Å². The Morgan fingerprint density at radius 3 is 2.53 bits per heavy atom. The highest BCUT2D eigenvalue weighted by Gasteiger charge is 2.18. The average Bonchev–Trinajstić information content (AvgIpc) is 2.83. The second kappa shape index (κ2) is 11.7.